The number of nitrogens with one attached hydrogen (secondary N) is 1. The Morgan fingerprint density at radius 1 is 1.04 bits per heavy atom. The first kappa shape index (κ1) is 20.6. The zero-order valence-corrected chi connectivity index (χ0v) is 17.3. The second-order valence-corrected chi connectivity index (χ2v) is 9.60. The minimum atomic E-state index is -3.41. The number of piperidine rings is 1. The lowest BCUT2D eigenvalue weighted by Gasteiger charge is -2.35. The number of amides is 1. The molecule has 2 aromatic rings. The lowest BCUT2D eigenvalue weighted by atomic mass is 9.76. The van der Waals surface area contributed by atoms with Crippen LogP contribution in [0.5, 0.6) is 0 Å². The highest BCUT2D eigenvalue weighted by Gasteiger charge is 2.36. The molecule has 28 heavy (non-hydrogen) atoms. The molecular formula is C22H28N2O3S. The van der Waals surface area contributed by atoms with Crippen LogP contribution in [0.15, 0.2) is 60.7 Å². The first-order valence-electron chi connectivity index (χ1n) is 9.68. The Bertz CT molecular complexity index is 858. The van der Waals surface area contributed by atoms with E-state index in [9.17, 15) is 13.2 Å². The number of carbonyl (C=O) groups excluding carboxylic acids is 1. The van der Waals surface area contributed by atoms with Crippen molar-refractivity contribution in [2.45, 2.75) is 37.6 Å². The predicted octanol–water partition coefficient (Wildman–Crippen LogP) is 2.92. The van der Waals surface area contributed by atoms with Crippen LogP contribution in [-0.2, 0) is 20.2 Å². The number of benzene rings is 2. The van der Waals surface area contributed by atoms with Gasteiger partial charge in [-0.05, 0) is 30.9 Å². The van der Waals surface area contributed by atoms with Crippen LogP contribution < -0.4 is 5.32 Å². The van der Waals surface area contributed by atoms with E-state index in [1.165, 1.54) is 10.6 Å². The van der Waals surface area contributed by atoms with Crippen LogP contribution in [-0.4, -0.2) is 44.0 Å². The predicted molar refractivity (Wildman–Crippen MR) is 112 cm³/mol. The number of nitrogens with zero attached hydrogens (tertiary/aromatic N) is 1. The summed E-state index contributed by atoms with van der Waals surface area (Å²) < 4.78 is 25.5. The van der Waals surface area contributed by atoms with Crippen LogP contribution in [0.4, 0.5) is 0 Å². The second kappa shape index (κ2) is 8.45. The van der Waals surface area contributed by atoms with Crippen LogP contribution in [0.25, 0.3) is 0 Å². The van der Waals surface area contributed by atoms with Gasteiger partial charge in [0.1, 0.15) is 6.04 Å². The van der Waals surface area contributed by atoms with Gasteiger partial charge in [0, 0.05) is 18.5 Å². The van der Waals surface area contributed by atoms with Crippen LogP contribution >= 0.6 is 0 Å². The average Bonchev–Trinajstić information content (AvgIpc) is 2.72. The maximum Gasteiger partial charge on any atom is 0.238 e. The highest BCUT2D eigenvalue weighted by Crippen LogP contribution is 2.31. The van der Waals surface area contributed by atoms with Crippen LogP contribution in [0.1, 0.15) is 37.3 Å². The third-order valence-corrected chi connectivity index (χ3v) is 6.91. The lowest BCUT2D eigenvalue weighted by molar-refractivity contribution is -0.125. The van der Waals surface area contributed by atoms with Crippen molar-refractivity contribution in [1.82, 2.24) is 9.62 Å². The lowest BCUT2D eigenvalue weighted by Crippen LogP contribution is -2.53. The maximum atomic E-state index is 12.9. The summed E-state index contributed by atoms with van der Waals surface area (Å²) in [5, 5.41) is 3.05. The van der Waals surface area contributed by atoms with Crippen molar-refractivity contribution in [2.24, 2.45) is 0 Å². The van der Waals surface area contributed by atoms with Crippen LogP contribution in [0.2, 0.25) is 0 Å². The molecule has 1 fully saturated rings. The fourth-order valence-electron chi connectivity index (χ4n) is 3.93. The molecule has 6 heteroatoms. The maximum absolute atomic E-state index is 12.9. The number of hydrogen-bond donors (Lipinski definition) is 1. The summed E-state index contributed by atoms with van der Waals surface area (Å²) in [6, 6.07) is 19.5. The molecule has 1 aliphatic rings. The molecule has 1 aliphatic heterocycles. The van der Waals surface area contributed by atoms with Crippen molar-refractivity contribution in [3.63, 3.8) is 0 Å². The molecule has 1 atom stereocenters. The summed E-state index contributed by atoms with van der Waals surface area (Å²) in [6.45, 7) is 2.91. The van der Waals surface area contributed by atoms with Gasteiger partial charge in [-0.1, -0.05) is 67.1 Å². The van der Waals surface area contributed by atoms with Gasteiger partial charge in [-0.25, -0.2) is 8.42 Å². The van der Waals surface area contributed by atoms with Crippen LogP contribution in [0.3, 0.4) is 0 Å². The topological polar surface area (TPSA) is 66.5 Å². The van der Waals surface area contributed by atoms with Crippen molar-refractivity contribution in [1.29, 1.82) is 0 Å². The standard InChI is InChI=1S/C22H28N2O3S/c1-22(18-11-5-3-6-12-18,19-13-7-4-8-14-19)17-23-21(25)20-15-9-10-16-24(20)28(2,26)27/h3-8,11-14,20H,9-10,15-17H2,1-2H3,(H,23,25)/t20-/m0/s1. The van der Waals surface area contributed by atoms with E-state index in [0.29, 0.717) is 19.5 Å². The highest BCUT2D eigenvalue weighted by atomic mass is 32.2. The van der Waals surface area contributed by atoms with Gasteiger partial charge < -0.3 is 5.32 Å². The summed E-state index contributed by atoms with van der Waals surface area (Å²) in [5.74, 6) is -0.219. The molecule has 5 nitrogen and oxygen atoms in total. The average molecular weight is 401 g/mol. The summed E-state index contributed by atoms with van der Waals surface area (Å²) in [7, 11) is -3.41. The molecule has 1 heterocycles. The van der Waals surface area contributed by atoms with Gasteiger partial charge in [-0.3, -0.25) is 4.79 Å². The first-order chi connectivity index (χ1) is 13.3. The Balaban J connectivity index is 1.83. The van der Waals surface area contributed by atoms with Gasteiger partial charge in [0.2, 0.25) is 15.9 Å². The Hall–Kier alpha value is -2.18. The molecule has 2 aromatic carbocycles. The molecule has 0 spiro atoms. The Labute approximate surface area is 167 Å². The zero-order chi connectivity index (χ0) is 20.2. The molecule has 150 valence electrons. The van der Waals surface area contributed by atoms with E-state index in [4.69, 9.17) is 0 Å². The third kappa shape index (κ3) is 4.45. The molecule has 1 N–H and O–H groups in total. The van der Waals surface area contributed by atoms with E-state index in [1.54, 1.807) is 0 Å². The van der Waals surface area contributed by atoms with Gasteiger partial charge in [0.25, 0.3) is 0 Å². The number of rotatable bonds is 6. The van der Waals surface area contributed by atoms with Gasteiger partial charge in [-0.15, -0.1) is 0 Å². The monoisotopic (exact) mass is 400 g/mol. The first-order valence-corrected chi connectivity index (χ1v) is 11.5. The Morgan fingerprint density at radius 3 is 2.07 bits per heavy atom. The van der Waals surface area contributed by atoms with Crippen molar-refractivity contribution in [2.75, 3.05) is 19.3 Å². The molecule has 1 saturated heterocycles. The van der Waals surface area contributed by atoms with Gasteiger partial charge in [0.15, 0.2) is 0 Å². The van der Waals surface area contributed by atoms with Crippen molar-refractivity contribution in [3.8, 4) is 0 Å². The fourth-order valence-corrected chi connectivity index (χ4v) is 5.05. The van der Waals surface area contributed by atoms with E-state index in [0.717, 1.165) is 24.0 Å². The van der Waals surface area contributed by atoms with E-state index in [2.05, 4.69) is 36.5 Å². The normalized spacial score (nSPS) is 18.6. The minimum absolute atomic E-state index is 0.219. The van der Waals surface area contributed by atoms with Gasteiger partial charge >= 0.3 is 0 Å². The quantitative estimate of drug-likeness (QED) is 0.811. The summed E-state index contributed by atoms with van der Waals surface area (Å²) in [5.41, 5.74) is 1.79. The zero-order valence-electron chi connectivity index (χ0n) is 16.5. The smallest absolute Gasteiger partial charge is 0.238 e. The van der Waals surface area contributed by atoms with Crippen LogP contribution in [0, 0.1) is 0 Å². The number of carbonyl (C=O) groups is 1. The molecular weight excluding hydrogens is 372 g/mol. The van der Waals surface area contributed by atoms with Gasteiger partial charge in [0.05, 0.1) is 6.26 Å². The second-order valence-electron chi connectivity index (χ2n) is 7.67. The summed E-state index contributed by atoms with van der Waals surface area (Å²) in [6.07, 6.45) is 3.39. The van der Waals surface area contributed by atoms with E-state index >= 15 is 0 Å². The minimum Gasteiger partial charge on any atom is -0.353 e. The number of hydrogen-bond acceptors (Lipinski definition) is 3. The Morgan fingerprint density at radius 2 is 1.57 bits per heavy atom. The molecule has 0 aromatic heterocycles. The Kier molecular flexibility index (Phi) is 6.20. The van der Waals surface area contributed by atoms with E-state index in [-0.39, 0.29) is 5.91 Å². The van der Waals surface area contributed by atoms with Crippen molar-refractivity contribution >= 4 is 15.9 Å². The van der Waals surface area contributed by atoms with E-state index < -0.39 is 21.5 Å². The van der Waals surface area contributed by atoms with E-state index in [1.807, 2.05) is 36.4 Å². The summed E-state index contributed by atoms with van der Waals surface area (Å²) in [4.78, 5) is 12.9. The molecule has 3 rings (SSSR count). The fraction of sp³-hybridized carbons (Fsp3) is 0.409. The third-order valence-electron chi connectivity index (χ3n) is 5.62. The largest absolute Gasteiger partial charge is 0.353 e. The van der Waals surface area contributed by atoms with Crippen molar-refractivity contribution in [3.05, 3.63) is 71.8 Å². The summed E-state index contributed by atoms with van der Waals surface area (Å²) >= 11 is 0. The highest BCUT2D eigenvalue weighted by molar-refractivity contribution is 7.88. The molecule has 0 aliphatic carbocycles. The SMILES string of the molecule is CC(CNC(=O)[C@@H]1CCCCN1S(C)(=O)=O)(c1ccccc1)c1ccccc1. The van der Waals surface area contributed by atoms with Crippen molar-refractivity contribution < 1.29 is 13.2 Å². The molecule has 0 unspecified atom stereocenters. The molecule has 0 saturated carbocycles. The van der Waals surface area contributed by atoms with Gasteiger partial charge in [-0.2, -0.15) is 4.31 Å². The molecule has 0 bridgehead atoms. The number of sulfonamides is 1. The molecule has 0 radical (unpaired) electrons. The molecule has 1 amide bonds.